The largest absolute Gasteiger partial charge is 0.481 e. The maximum atomic E-state index is 13.6. The van der Waals surface area contributed by atoms with Gasteiger partial charge < -0.3 is 14.8 Å². The van der Waals surface area contributed by atoms with Crippen LogP contribution in [0.25, 0.3) is 0 Å². The van der Waals surface area contributed by atoms with Crippen molar-refractivity contribution in [1.82, 2.24) is 4.57 Å². The molecule has 0 aliphatic heterocycles. The third kappa shape index (κ3) is 3.46. The Labute approximate surface area is 145 Å². The lowest BCUT2D eigenvalue weighted by Gasteiger charge is -2.11. The molecule has 0 bridgehead atoms. The molecule has 0 spiro atoms. The number of aromatic carboxylic acids is 1. The molecule has 1 heterocycles. The topological polar surface area (TPSA) is 96.6 Å². The monoisotopic (exact) mass is 369 g/mol. The van der Waals surface area contributed by atoms with Gasteiger partial charge in [-0.2, -0.15) is 13.2 Å². The number of aromatic nitrogens is 1. The molecule has 2 aromatic rings. The summed E-state index contributed by atoms with van der Waals surface area (Å²) in [6, 6.07) is 5.70. The van der Waals surface area contributed by atoms with Crippen LogP contribution in [0.1, 0.15) is 43.2 Å². The van der Waals surface area contributed by atoms with E-state index in [1.54, 1.807) is 6.92 Å². The van der Waals surface area contributed by atoms with E-state index < -0.39 is 52.8 Å². The number of alkyl halides is 3. The molecule has 2 N–H and O–H groups in total. The second-order valence-electron chi connectivity index (χ2n) is 5.67. The number of carboxylic acid groups (broad SMARTS) is 2. The van der Waals surface area contributed by atoms with Crippen LogP contribution in [0.3, 0.4) is 0 Å². The van der Waals surface area contributed by atoms with Gasteiger partial charge in [0, 0.05) is 18.3 Å². The summed E-state index contributed by atoms with van der Waals surface area (Å²) < 4.78 is 41.4. The minimum absolute atomic E-state index is 0.0690. The Kier molecular flexibility index (Phi) is 4.93. The molecule has 1 aromatic heterocycles. The maximum absolute atomic E-state index is 13.6. The molecule has 26 heavy (non-hydrogen) atoms. The number of carboxylic acids is 2. The van der Waals surface area contributed by atoms with E-state index in [4.69, 9.17) is 5.11 Å². The molecule has 0 amide bonds. The van der Waals surface area contributed by atoms with Crippen LogP contribution in [0, 0.1) is 6.92 Å². The van der Waals surface area contributed by atoms with Crippen molar-refractivity contribution in [2.24, 2.45) is 7.05 Å². The summed E-state index contributed by atoms with van der Waals surface area (Å²) in [6.07, 6.45) is -6.12. The fourth-order valence-corrected chi connectivity index (χ4v) is 2.70. The highest BCUT2D eigenvalue weighted by Gasteiger charge is 2.44. The van der Waals surface area contributed by atoms with E-state index in [2.05, 4.69) is 0 Å². The number of hydrogen-bond donors (Lipinski definition) is 2. The predicted molar refractivity (Wildman–Crippen MR) is 83.3 cm³/mol. The van der Waals surface area contributed by atoms with Gasteiger partial charge in [-0.05, 0) is 6.92 Å². The van der Waals surface area contributed by atoms with Crippen LogP contribution in [0.2, 0.25) is 0 Å². The van der Waals surface area contributed by atoms with Gasteiger partial charge in [-0.15, -0.1) is 0 Å². The molecular weight excluding hydrogens is 355 g/mol. The molecule has 0 atom stereocenters. The van der Waals surface area contributed by atoms with Crippen molar-refractivity contribution in [2.75, 3.05) is 0 Å². The average molecular weight is 369 g/mol. The lowest BCUT2D eigenvalue weighted by atomic mass is 10.0. The van der Waals surface area contributed by atoms with Gasteiger partial charge in [0.25, 0.3) is 0 Å². The number of halogens is 3. The van der Waals surface area contributed by atoms with Gasteiger partial charge in [0.05, 0.1) is 17.5 Å². The van der Waals surface area contributed by atoms with Crippen LogP contribution in [0.15, 0.2) is 24.3 Å². The van der Waals surface area contributed by atoms with Crippen molar-refractivity contribution in [3.8, 4) is 0 Å². The Morgan fingerprint density at radius 1 is 1.08 bits per heavy atom. The summed E-state index contributed by atoms with van der Waals surface area (Å²) in [6.45, 7) is 1.73. The summed E-state index contributed by atoms with van der Waals surface area (Å²) in [5, 5.41) is 18.1. The summed E-state index contributed by atoms with van der Waals surface area (Å²) in [7, 11) is 1.04. The molecule has 0 aliphatic carbocycles. The fraction of sp³-hybridized carbons (Fsp3) is 0.235. The molecule has 6 nitrogen and oxygen atoms in total. The van der Waals surface area contributed by atoms with Crippen LogP contribution in [0.5, 0.6) is 0 Å². The highest BCUT2D eigenvalue weighted by molar-refractivity contribution is 6.11. The molecule has 1 aromatic carbocycles. The van der Waals surface area contributed by atoms with Crippen molar-refractivity contribution in [1.29, 1.82) is 0 Å². The third-order valence-corrected chi connectivity index (χ3v) is 3.86. The Balaban J connectivity index is 2.83. The molecular formula is C17H14F3NO5. The van der Waals surface area contributed by atoms with Gasteiger partial charge in [-0.3, -0.25) is 9.59 Å². The SMILES string of the molecule is Cc1ccc(C(=O)c2c(C(F)(F)F)c(C(=O)O)c(CC(=O)O)n2C)cc1. The zero-order chi connectivity index (χ0) is 19.8. The van der Waals surface area contributed by atoms with Gasteiger partial charge in [-0.1, -0.05) is 29.8 Å². The molecule has 0 unspecified atom stereocenters. The molecule has 0 fully saturated rings. The second kappa shape index (κ2) is 6.66. The average Bonchev–Trinajstić information content (AvgIpc) is 2.80. The van der Waals surface area contributed by atoms with Crippen molar-refractivity contribution in [3.05, 3.63) is 57.9 Å². The second-order valence-corrected chi connectivity index (χ2v) is 5.67. The van der Waals surface area contributed by atoms with Gasteiger partial charge >= 0.3 is 18.1 Å². The zero-order valence-electron chi connectivity index (χ0n) is 13.7. The number of ketones is 1. The van der Waals surface area contributed by atoms with E-state index in [1.165, 1.54) is 24.3 Å². The first-order valence-electron chi connectivity index (χ1n) is 7.30. The summed E-state index contributed by atoms with van der Waals surface area (Å²) in [5.41, 5.74) is -3.67. The van der Waals surface area contributed by atoms with Crippen LogP contribution in [-0.2, 0) is 24.4 Å². The summed E-state index contributed by atoms with van der Waals surface area (Å²) in [4.78, 5) is 35.1. The zero-order valence-corrected chi connectivity index (χ0v) is 13.7. The normalized spacial score (nSPS) is 11.4. The number of rotatable bonds is 5. The Morgan fingerprint density at radius 2 is 1.62 bits per heavy atom. The highest BCUT2D eigenvalue weighted by Crippen LogP contribution is 2.39. The summed E-state index contributed by atoms with van der Waals surface area (Å²) in [5.74, 6) is -4.51. The summed E-state index contributed by atoms with van der Waals surface area (Å²) >= 11 is 0. The molecule has 0 saturated carbocycles. The number of aliphatic carboxylic acids is 1. The van der Waals surface area contributed by atoms with Gasteiger partial charge in [0.15, 0.2) is 0 Å². The Hall–Kier alpha value is -3.10. The number of carbonyl (C=O) groups is 3. The standard InChI is InChI=1S/C17H14F3NO5/c1-8-3-5-9(6-4-8)15(24)14-13(17(18,19)20)12(16(25)26)10(21(14)2)7-11(22)23/h3-6H,7H2,1-2H3,(H,22,23)(H,25,26). The first-order valence-corrected chi connectivity index (χ1v) is 7.30. The van der Waals surface area contributed by atoms with E-state index in [1.807, 2.05) is 0 Å². The maximum Gasteiger partial charge on any atom is 0.419 e. The number of carbonyl (C=O) groups excluding carboxylic acids is 1. The van der Waals surface area contributed by atoms with Crippen LogP contribution < -0.4 is 0 Å². The Bertz CT molecular complexity index is 895. The number of nitrogens with zero attached hydrogens (tertiary/aromatic N) is 1. The quantitative estimate of drug-likeness (QED) is 0.790. The lowest BCUT2D eigenvalue weighted by Crippen LogP contribution is -2.17. The van der Waals surface area contributed by atoms with Crippen molar-refractivity contribution >= 4 is 17.7 Å². The van der Waals surface area contributed by atoms with Crippen molar-refractivity contribution < 1.29 is 37.8 Å². The smallest absolute Gasteiger partial charge is 0.419 e. The molecule has 138 valence electrons. The van der Waals surface area contributed by atoms with Crippen LogP contribution in [0.4, 0.5) is 13.2 Å². The van der Waals surface area contributed by atoms with E-state index in [0.717, 1.165) is 12.6 Å². The minimum Gasteiger partial charge on any atom is -0.481 e. The highest BCUT2D eigenvalue weighted by atomic mass is 19.4. The number of aryl methyl sites for hydroxylation is 1. The van der Waals surface area contributed by atoms with Crippen molar-refractivity contribution in [3.63, 3.8) is 0 Å². The Morgan fingerprint density at radius 3 is 2.04 bits per heavy atom. The molecule has 0 saturated heterocycles. The van der Waals surface area contributed by atoms with Gasteiger partial charge in [0.1, 0.15) is 5.69 Å². The van der Waals surface area contributed by atoms with Crippen LogP contribution >= 0.6 is 0 Å². The fourth-order valence-electron chi connectivity index (χ4n) is 2.70. The minimum atomic E-state index is -5.15. The van der Waals surface area contributed by atoms with E-state index in [-0.39, 0.29) is 5.56 Å². The molecule has 0 radical (unpaired) electrons. The van der Waals surface area contributed by atoms with Crippen molar-refractivity contribution in [2.45, 2.75) is 19.5 Å². The molecule has 0 aliphatic rings. The van der Waals surface area contributed by atoms with E-state index in [0.29, 0.717) is 4.57 Å². The van der Waals surface area contributed by atoms with E-state index >= 15 is 0 Å². The van der Waals surface area contributed by atoms with Gasteiger partial charge in [0.2, 0.25) is 5.78 Å². The van der Waals surface area contributed by atoms with E-state index in [9.17, 15) is 32.7 Å². The first-order chi connectivity index (χ1) is 11.9. The van der Waals surface area contributed by atoms with Crippen LogP contribution in [-0.4, -0.2) is 32.5 Å². The molecule has 2 rings (SSSR count). The lowest BCUT2D eigenvalue weighted by molar-refractivity contribution is -0.139. The number of hydrogen-bond acceptors (Lipinski definition) is 3. The molecule has 9 heteroatoms. The third-order valence-electron chi connectivity index (χ3n) is 3.86. The predicted octanol–water partition coefficient (Wildman–Crippen LogP) is 2.91. The van der Waals surface area contributed by atoms with Gasteiger partial charge in [-0.25, -0.2) is 4.79 Å². The number of benzene rings is 1. The first kappa shape index (κ1) is 19.2.